The number of carbonyl (C=O) groups excluding carboxylic acids is 2. The number of rotatable bonds is 8. The van der Waals surface area contributed by atoms with Crippen molar-refractivity contribution in [2.24, 2.45) is 5.92 Å². The van der Waals surface area contributed by atoms with E-state index in [2.05, 4.69) is 17.9 Å². The molecule has 0 saturated heterocycles. The second-order valence-electron chi connectivity index (χ2n) is 7.50. The summed E-state index contributed by atoms with van der Waals surface area (Å²) in [6.45, 7) is 2.06. The highest BCUT2D eigenvalue weighted by Gasteiger charge is 2.26. The van der Waals surface area contributed by atoms with Crippen LogP contribution >= 0.6 is 12.6 Å². The average molecular weight is 465 g/mol. The van der Waals surface area contributed by atoms with Gasteiger partial charge >= 0.3 is 12.1 Å². The van der Waals surface area contributed by atoms with Crippen LogP contribution in [-0.2, 0) is 14.3 Å². The molecule has 3 aromatic rings. The SMILES string of the molecule is C[C@H](CCOC(=O)CS)[C@H](OC(=O)Nc1ccc(C#N)cc1)c1ccc(O)c2ccccc12. The summed E-state index contributed by atoms with van der Waals surface area (Å²) in [5.74, 6) is -0.510. The molecule has 170 valence electrons. The van der Waals surface area contributed by atoms with E-state index in [1.807, 2.05) is 31.2 Å². The molecule has 0 radical (unpaired) electrons. The number of nitrogens with one attached hydrogen (secondary N) is 1. The fourth-order valence-electron chi connectivity index (χ4n) is 3.49. The van der Waals surface area contributed by atoms with Gasteiger partial charge in [0.05, 0.1) is 24.0 Å². The van der Waals surface area contributed by atoms with Crippen molar-refractivity contribution < 1.29 is 24.2 Å². The number of nitrogens with zero attached hydrogens (tertiary/aromatic N) is 1. The van der Waals surface area contributed by atoms with E-state index >= 15 is 0 Å². The van der Waals surface area contributed by atoms with Crippen LogP contribution in [0.1, 0.15) is 30.6 Å². The molecule has 7 nitrogen and oxygen atoms in total. The van der Waals surface area contributed by atoms with Crippen LogP contribution in [0.4, 0.5) is 10.5 Å². The topological polar surface area (TPSA) is 109 Å². The molecule has 0 aromatic heterocycles. The van der Waals surface area contributed by atoms with Crippen LogP contribution in [0.15, 0.2) is 60.7 Å². The molecule has 33 heavy (non-hydrogen) atoms. The van der Waals surface area contributed by atoms with Gasteiger partial charge < -0.3 is 14.6 Å². The third-order valence-electron chi connectivity index (χ3n) is 5.22. The normalized spacial score (nSPS) is 12.4. The summed E-state index contributed by atoms with van der Waals surface area (Å²) in [4.78, 5) is 24.2. The third kappa shape index (κ3) is 6.18. The van der Waals surface area contributed by atoms with Gasteiger partial charge in [0, 0.05) is 22.6 Å². The first-order valence-corrected chi connectivity index (χ1v) is 11.0. The summed E-state index contributed by atoms with van der Waals surface area (Å²) >= 11 is 3.90. The molecule has 0 bridgehead atoms. The Kier molecular flexibility index (Phi) is 8.17. The molecule has 0 heterocycles. The van der Waals surface area contributed by atoms with E-state index in [4.69, 9.17) is 14.7 Å². The fourth-order valence-corrected chi connectivity index (χ4v) is 3.58. The van der Waals surface area contributed by atoms with Crippen molar-refractivity contribution in [3.05, 3.63) is 71.8 Å². The maximum absolute atomic E-state index is 12.7. The summed E-state index contributed by atoms with van der Waals surface area (Å²) in [6, 6.07) is 19.1. The Morgan fingerprint density at radius 1 is 1.09 bits per heavy atom. The molecule has 0 aliphatic heterocycles. The monoisotopic (exact) mass is 464 g/mol. The molecule has 3 rings (SSSR count). The minimum absolute atomic E-state index is 0.0100. The molecule has 2 atom stereocenters. The van der Waals surface area contributed by atoms with Crippen molar-refractivity contribution in [3.63, 3.8) is 0 Å². The van der Waals surface area contributed by atoms with Gasteiger partial charge in [0.2, 0.25) is 0 Å². The average Bonchev–Trinajstić information content (AvgIpc) is 2.83. The van der Waals surface area contributed by atoms with E-state index in [1.165, 1.54) is 0 Å². The third-order valence-corrected chi connectivity index (χ3v) is 5.48. The number of hydrogen-bond donors (Lipinski definition) is 3. The summed E-state index contributed by atoms with van der Waals surface area (Å²) in [5, 5.41) is 23.3. The number of benzene rings is 3. The smallest absolute Gasteiger partial charge is 0.412 e. The van der Waals surface area contributed by atoms with E-state index in [0.717, 1.165) is 10.9 Å². The van der Waals surface area contributed by atoms with Crippen LogP contribution in [0.5, 0.6) is 5.75 Å². The molecule has 0 aliphatic carbocycles. The van der Waals surface area contributed by atoms with E-state index < -0.39 is 18.2 Å². The maximum atomic E-state index is 12.7. The Hall–Kier alpha value is -3.70. The number of aromatic hydroxyl groups is 1. The number of esters is 1. The molecule has 2 N–H and O–H groups in total. The van der Waals surface area contributed by atoms with Gasteiger partial charge in [-0.1, -0.05) is 37.3 Å². The Morgan fingerprint density at radius 2 is 1.79 bits per heavy atom. The number of phenols is 1. The highest BCUT2D eigenvalue weighted by Crippen LogP contribution is 2.37. The zero-order valence-corrected chi connectivity index (χ0v) is 18.9. The number of nitriles is 1. The first kappa shape index (κ1) is 24.0. The maximum Gasteiger partial charge on any atom is 0.412 e. The largest absolute Gasteiger partial charge is 0.507 e. The van der Waals surface area contributed by atoms with Crippen molar-refractivity contribution in [1.82, 2.24) is 0 Å². The van der Waals surface area contributed by atoms with Crippen molar-refractivity contribution in [3.8, 4) is 11.8 Å². The lowest BCUT2D eigenvalue weighted by atomic mass is 9.90. The second-order valence-corrected chi connectivity index (χ2v) is 7.82. The molecular weight excluding hydrogens is 440 g/mol. The van der Waals surface area contributed by atoms with Gasteiger partial charge in [-0.15, -0.1) is 0 Å². The molecule has 8 heteroatoms. The van der Waals surface area contributed by atoms with Gasteiger partial charge in [-0.2, -0.15) is 17.9 Å². The summed E-state index contributed by atoms with van der Waals surface area (Å²) in [6.07, 6.45) is -0.895. The van der Waals surface area contributed by atoms with Gasteiger partial charge in [-0.25, -0.2) is 4.79 Å². The van der Waals surface area contributed by atoms with Crippen LogP contribution in [0.3, 0.4) is 0 Å². The number of thiol groups is 1. The number of ether oxygens (including phenoxy) is 2. The molecule has 0 saturated carbocycles. The van der Waals surface area contributed by atoms with Gasteiger partial charge in [-0.05, 0) is 42.1 Å². The molecular formula is C25H24N2O5S. The predicted molar refractivity (Wildman–Crippen MR) is 128 cm³/mol. The Balaban J connectivity index is 1.85. The quantitative estimate of drug-likeness (QED) is 0.312. The number of fused-ring (bicyclic) bond motifs is 1. The zero-order chi connectivity index (χ0) is 23.8. The van der Waals surface area contributed by atoms with Gasteiger partial charge in [0.1, 0.15) is 11.9 Å². The number of carbonyl (C=O) groups is 2. The summed E-state index contributed by atoms with van der Waals surface area (Å²) < 4.78 is 11.0. The number of phenolic OH excluding ortho intramolecular Hbond substituents is 1. The van der Waals surface area contributed by atoms with E-state index in [-0.39, 0.29) is 24.0 Å². The van der Waals surface area contributed by atoms with Crippen molar-refractivity contribution in [1.29, 1.82) is 5.26 Å². The second kappa shape index (κ2) is 11.2. The van der Waals surface area contributed by atoms with Gasteiger partial charge in [0.25, 0.3) is 0 Å². The highest BCUT2D eigenvalue weighted by atomic mass is 32.1. The van der Waals surface area contributed by atoms with Crippen LogP contribution in [0.25, 0.3) is 10.8 Å². The van der Waals surface area contributed by atoms with Crippen molar-refractivity contribution in [2.75, 3.05) is 17.7 Å². The minimum atomic E-state index is -0.677. The lowest BCUT2D eigenvalue weighted by molar-refractivity contribution is -0.141. The number of anilines is 1. The Labute approximate surface area is 197 Å². The Morgan fingerprint density at radius 3 is 2.45 bits per heavy atom. The van der Waals surface area contributed by atoms with Gasteiger partial charge in [0.15, 0.2) is 0 Å². The molecule has 1 amide bonds. The lowest BCUT2D eigenvalue weighted by Crippen LogP contribution is -2.23. The van der Waals surface area contributed by atoms with E-state index in [1.54, 1.807) is 42.5 Å². The van der Waals surface area contributed by atoms with Gasteiger partial charge in [-0.3, -0.25) is 10.1 Å². The van der Waals surface area contributed by atoms with Crippen molar-refractivity contribution >= 4 is 41.2 Å². The van der Waals surface area contributed by atoms with E-state index in [9.17, 15) is 14.7 Å². The van der Waals surface area contributed by atoms with Crippen LogP contribution < -0.4 is 5.32 Å². The lowest BCUT2D eigenvalue weighted by Gasteiger charge is -2.26. The minimum Gasteiger partial charge on any atom is -0.507 e. The highest BCUT2D eigenvalue weighted by molar-refractivity contribution is 7.81. The van der Waals surface area contributed by atoms with Crippen LogP contribution in [0.2, 0.25) is 0 Å². The Bertz CT molecular complexity index is 1170. The standard InChI is InChI=1S/C25H24N2O5S/c1-16(12-13-31-23(29)15-33)24(21-10-11-22(28)20-5-3-2-4-19(20)21)32-25(30)27-18-8-6-17(14-26)7-9-18/h2-11,16,24,28,33H,12-13,15H2,1H3,(H,27,30)/t16-,24+/m1/s1. The van der Waals surface area contributed by atoms with E-state index in [0.29, 0.717) is 23.1 Å². The molecule has 0 unspecified atom stereocenters. The summed E-state index contributed by atoms with van der Waals surface area (Å²) in [5.41, 5.74) is 1.70. The molecule has 0 aliphatic rings. The zero-order valence-electron chi connectivity index (χ0n) is 18.0. The summed E-state index contributed by atoms with van der Waals surface area (Å²) in [7, 11) is 0. The molecule has 3 aromatic carbocycles. The molecule has 0 spiro atoms. The van der Waals surface area contributed by atoms with Crippen LogP contribution in [0, 0.1) is 17.2 Å². The first-order valence-electron chi connectivity index (χ1n) is 10.4. The first-order chi connectivity index (χ1) is 15.9. The molecule has 0 fully saturated rings. The fraction of sp³-hybridized carbons (Fsp3) is 0.240. The van der Waals surface area contributed by atoms with Crippen molar-refractivity contribution in [2.45, 2.75) is 19.4 Å². The number of hydrogen-bond acceptors (Lipinski definition) is 7. The number of amides is 1. The predicted octanol–water partition coefficient (Wildman–Crippen LogP) is 5.21. The van der Waals surface area contributed by atoms with Crippen LogP contribution in [-0.4, -0.2) is 29.5 Å².